The molecular weight excluding hydrogens is 369 g/mol. The molecule has 1 N–H and O–H groups in total. The fourth-order valence-electron chi connectivity index (χ4n) is 3.07. The summed E-state index contributed by atoms with van der Waals surface area (Å²) in [6, 6.07) is 9.32. The Morgan fingerprint density at radius 1 is 1.30 bits per heavy atom. The van der Waals surface area contributed by atoms with Crippen molar-refractivity contribution in [1.82, 2.24) is 10.3 Å². The van der Waals surface area contributed by atoms with Crippen LogP contribution in [0.3, 0.4) is 0 Å². The number of hydrogen-bond acceptors (Lipinski definition) is 5. The molecule has 1 aliphatic heterocycles. The van der Waals surface area contributed by atoms with Gasteiger partial charge in [-0.05, 0) is 36.2 Å². The summed E-state index contributed by atoms with van der Waals surface area (Å²) >= 11 is 0. The van der Waals surface area contributed by atoms with E-state index in [1.807, 2.05) is 6.92 Å². The minimum atomic E-state index is -3.57. The van der Waals surface area contributed by atoms with Crippen LogP contribution in [0.2, 0.25) is 0 Å². The average Bonchev–Trinajstić information content (AvgIpc) is 2.68. The quantitative estimate of drug-likeness (QED) is 0.783. The van der Waals surface area contributed by atoms with Gasteiger partial charge in [-0.1, -0.05) is 19.1 Å². The molecule has 2 aromatic rings. The van der Waals surface area contributed by atoms with Crippen molar-refractivity contribution in [3.8, 4) is 0 Å². The van der Waals surface area contributed by atoms with Gasteiger partial charge in [0.05, 0.1) is 30.3 Å². The molecule has 1 aliphatic rings. The van der Waals surface area contributed by atoms with E-state index in [9.17, 15) is 12.8 Å². The third-order valence-electron chi connectivity index (χ3n) is 4.35. The fourth-order valence-corrected chi connectivity index (χ4v) is 4.60. The van der Waals surface area contributed by atoms with Gasteiger partial charge in [0.25, 0.3) is 0 Å². The summed E-state index contributed by atoms with van der Waals surface area (Å²) in [4.78, 5) is 4.42. The predicted octanol–water partition coefficient (Wildman–Crippen LogP) is 2.63. The molecule has 1 unspecified atom stereocenters. The molecule has 1 atom stereocenters. The van der Waals surface area contributed by atoms with Crippen molar-refractivity contribution >= 4 is 15.7 Å². The first-order valence-corrected chi connectivity index (χ1v) is 10.6. The number of ether oxygens (including phenoxy) is 1. The third kappa shape index (κ3) is 4.82. The van der Waals surface area contributed by atoms with Crippen LogP contribution in [0.4, 0.5) is 10.1 Å². The van der Waals surface area contributed by atoms with E-state index < -0.39 is 10.0 Å². The highest BCUT2D eigenvalue weighted by molar-refractivity contribution is 7.92. The number of aromatic nitrogens is 1. The molecule has 1 saturated heterocycles. The van der Waals surface area contributed by atoms with Gasteiger partial charge in [0.2, 0.25) is 10.0 Å². The second-order valence-corrected chi connectivity index (χ2v) is 8.43. The van der Waals surface area contributed by atoms with Crippen LogP contribution in [-0.4, -0.2) is 38.9 Å². The third-order valence-corrected chi connectivity index (χ3v) is 6.28. The standard InChI is InChI=1S/C19H24FN3O3S/c1-2-12-27(24,25)23(14-15-5-7-16(20)8-6-15)17-4-3-9-22-19(17)18-13-21-10-11-26-18/h3-9,18,21H,2,10-14H2,1H3. The number of rotatable bonds is 7. The molecule has 3 rings (SSSR count). The van der Waals surface area contributed by atoms with Gasteiger partial charge in [-0.15, -0.1) is 0 Å². The van der Waals surface area contributed by atoms with Crippen molar-refractivity contribution in [2.24, 2.45) is 0 Å². The molecular formula is C19H24FN3O3S. The van der Waals surface area contributed by atoms with Crippen LogP contribution in [0.25, 0.3) is 0 Å². The first-order valence-electron chi connectivity index (χ1n) is 9.03. The SMILES string of the molecule is CCCS(=O)(=O)N(Cc1ccc(F)cc1)c1cccnc1C1CNCCO1. The zero-order chi connectivity index (χ0) is 19.3. The van der Waals surface area contributed by atoms with E-state index in [1.54, 1.807) is 30.5 Å². The van der Waals surface area contributed by atoms with E-state index >= 15 is 0 Å². The molecule has 1 aromatic heterocycles. The monoisotopic (exact) mass is 393 g/mol. The van der Waals surface area contributed by atoms with E-state index in [-0.39, 0.29) is 24.2 Å². The van der Waals surface area contributed by atoms with Gasteiger partial charge in [0.1, 0.15) is 11.9 Å². The van der Waals surface area contributed by atoms with Gasteiger partial charge in [0, 0.05) is 19.3 Å². The lowest BCUT2D eigenvalue weighted by Crippen LogP contribution is -2.37. The molecule has 0 spiro atoms. The number of halogens is 1. The highest BCUT2D eigenvalue weighted by Gasteiger charge is 2.29. The summed E-state index contributed by atoms with van der Waals surface area (Å²) < 4.78 is 46.4. The zero-order valence-corrected chi connectivity index (χ0v) is 16.1. The highest BCUT2D eigenvalue weighted by Crippen LogP contribution is 2.31. The molecule has 0 aliphatic carbocycles. The van der Waals surface area contributed by atoms with Crippen LogP contribution in [-0.2, 0) is 21.3 Å². The van der Waals surface area contributed by atoms with Crippen LogP contribution in [0, 0.1) is 5.82 Å². The normalized spacial score (nSPS) is 17.6. The lowest BCUT2D eigenvalue weighted by atomic mass is 10.1. The summed E-state index contributed by atoms with van der Waals surface area (Å²) in [6.07, 6.45) is 1.82. The summed E-state index contributed by atoms with van der Waals surface area (Å²) in [6.45, 7) is 3.81. The maximum Gasteiger partial charge on any atom is 0.235 e. The number of hydrogen-bond donors (Lipinski definition) is 1. The van der Waals surface area contributed by atoms with Crippen LogP contribution < -0.4 is 9.62 Å². The zero-order valence-electron chi connectivity index (χ0n) is 15.3. The summed E-state index contributed by atoms with van der Waals surface area (Å²) in [5.74, 6) is -0.336. The number of pyridine rings is 1. The minimum absolute atomic E-state index is 0.0201. The summed E-state index contributed by atoms with van der Waals surface area (Å²) in [5.41, 5.74) is 1.80. The summed E-state index contributed by atoms with van der Waals surface area (Å²) in [5, 5.41) is 3.24. The summed E-state index contributed by atoms with van der Waals surface area (Å²) in [7, 11) is -3.57. The van der Waals surface area contributed by atoms with Gasteiger partial charge < -0.3 is 10.1 Å². The van der Waals surface area contributed by atoms with Crippen LogP contribution in [0.5, 0.6) is 0 Å². The van der Waals surface area contributed by atoms with Crippen molar-refractivity contribution in [1.29, 1.82) is 0 Å². The largest absolute Gasteiger partial charge is 0.369 e. The molecule has 0 amide bonds. The molecule has 2 heterocycles. The van der Waals surface area contributed by atoms with E-state index in [0.29, 0.717) is 36.5 Å². The second kappa shape index (κ2) is 8.77. The maximum atomic E-state index is 13.2. The van der Waals surface area contributed by atoms with Gasteiger partial charge in [-0.2, -0.15) is 0 Å². The highest BCUT2D eigenvalue weighted by atomic mass is 32.2. The van der Waals surface area contributed by atoms with Gasteiger partial charge >= 0.3 is 0 Å². The molecule has 0 radical (unpaired) electrons. The number of nitrogens with one attached hydrogen (secondary N) is 1. The van der Waals surface area contributed by atoms with E-state index in [4.69, 9.17) is 4.74 Å². The first kappa shape index (κ1) is 19.7. The first-order chi connectivity index (χ1) is 13.0. The average molecular weight is 393 g/mol. The van der Waals surface area contributed by atoms with Gasteiger partial charge in [0.15, 0.2) is 0 Å². The molecule has 146 valence electrons. The molecule has 1 fully saturated rings. The van der Waals surface area contributed by atoms with Gasteiger partial charge in [-0.3, -0.25) is 9.29 Å². The molecule has 1 aromatic carbocycles. The number of benzene rings is 1. The number of nitrogens with zero attached hydrogens (tertiary/aromatic N) is 2. The Hall–Kier alpha value is -2.03. The smallest absolute Gasteiger partial charge is 0.235 e. The minimum Gasteiger partial charge on any atom is -0.369 e. The number of anilines is 1. The Kier molecular flexibility index (Phi) is 6.41. The molecule has 0 saturated carbocycles. The Morgan fingerprint density at radius 2 is 2.07 bits per heavy atom. The Bertz CT molecular complexity index is 853. The molecule has 8 heteroatoms. The molecule has 0 bridgehead atoms. The second-order valence-electron chi connectivity index (χ2n) is 6.42. The van der Waals surface area contributed by atoms with Crippen molar-refractivity contribution < 1.29 is 17.5 Å². The lowest BCUT2D eigenvalue weighted by Gasteiger charge is -2.30. The van der Waals surface area contributed by atoms with Crippen LogP contribution in [0.1, 0.15) is 30.7 Å². The van der Waals surface area contributed by atoms with Gasteiger partial charge in [-0.25, -0.2) is 12.8 Å². The Morgan fingerprint density at radius 3 is 2.74 bits per heavy atom. The topological polar surface area (TPSA) is 71.5 Å². The van der Waals surface area contributed by atoms with E-state index in [0.717, 1.165) is 6.54 Å². The number of sulfonamides is 1. The predicted molar refractivity (Wildman–Crippen MR) is 102 cm³/mol. The van der Waals surface area contributed by atoms with E-state index in [2.05, 4.69) is 10.3 Å². The van der Waals surface area contributed by atoms with Crippen molar-refractivity contribution in [2.45, 2.75) is 26.0 Å². The van der Waals surface area contributed by atoms with Crippen molar-refractivity contribution in [3.05, 3.63) is 59.7 Å². The van der Waals surface area contributed by atoms with Crippen LogP contribution >= 0.6 is 0 Å². The molecule has 6 nitrogen and oxygen atoms in total. The Labute approximate surface area is 159 Å². The fraction of sp³-hybridized carbons (Fsp3) is 0.421. The van der Waals surface area contributed by atoms with Crippen molar-refractivity contribution in [3.63, 3.8) is 0 Å². The lowest BCUT2D eigenvalue weighted by molar-refractivity contribution is 0.0254. The number of morpholine rings is 1. The van der Waals surface area contributed by atoms with E-state index in [1.165, 1.54) is 16.4 Å². The Balaban J connectivity index is 2.01. The molecule has 27 heavy (non-hydrogen) atoms. The van der Waals surface area contributed by atoms with Crippen LogP contribution in [0.15, 0.2) is 42.6 Å². The van der Waals surface area contributed by atoms with Crippen molar-refractivity contribution in [2.75, 3.05) is 29.8 Å². The maximum absolute atomic E-state index is 13.2.